The minimum Gasteiger partial charge on any atom is -0.507 e. The van der Waals surface area contributed by atoms with Gasteiger partial charge in [0.1, 0.15) is 5.75 Å². The van der Waals surface area contributed by atoms with Gasteiger partial charge in [0.25, 0.3) is 5.91 Å². The van der Waals surface area contributed by atoms with Crippen molar-refractivity contribution in [2.24, 2.45) is 5.10 Å². The Hall–Kier alpha value is -1.55. The molecular weight excluding hydrogens is 252 g/mol. The molecule has 5 heteroatoms. The molecule has 0 unspecified atom stereocenters. The molecule has 0 saturated heterocycles. The second kappa shape index (κ2) is 5.87. The van der Waals surface area contributed by atoms with Crippen LogP contribution < -0.4 is 5.43 Å². The zero-order chi connectivity index (χ0) is 13.0. The maximum Gasteiger partial charge on any atom is 0.275 e. The van der Waals surface area contributed by atoms with Gasteiger partial charge in [-0.1, -0.05) is 18.0 Å². The Kier molecular flexibility index (Phi) is 4.20. The maximum atomic E-state index is 11.8. The summed E-state index contributed by atoms with van der Waals surface area (Å²) in [5, 5.41) is 14.1. The van der Waals surface area contributed by atoms with Crippen LogP contribution in [0.2, 0.25) is 5.02 Å². The van der Waals surface area contributed by atoms with E-state index in [1.54, 1.807) is 0 Å². The van der Waals surface area contributed by atoms with Gasteiger partial charge in [-0.2, -0.15) is 5.10 Å². The summed E-state index contributed by atoms with van der Waals surface area (Å²) in [6, 6.07) is 4.35. The van der Waals surface area contributed by atoms with Crippen LogP contribution >= 0.6 is 11.6 Å². The average Bonchev–Trinajstić information content (AvgIpc) is 2.40. The van der Waals surface area contributed by atoms with Crippen molar-refractivity contribution in [3.63, 3.8) is 0 Å². The monoisotopic (exact) mass is 266 g/mol. The largest absolute Gasteiger partial charge is 0.507 e. The van der Waals surface area contributed by atoms with Gasteiger partial charge in [-0.05, 0) is 43.9 Å². The van der Waals surface area contributed by atoms with Crippen LogP contribution in [0.25, 0.3) is 0 Å². The molecule has 0 spiro atoms. The second-order valence-corrected chi connectivity index (χ2v) is 4.78. The van der Waals surface area contributed by atoms with Crippen molar-refractivity contribution < 1.29 is 9.90 Å². The Bertz CT molecular complexity index is 478. The number of phenols is 1. The van der Waals surface area contributed by atoms with Crippen LogP contribution in [0, 0.1) is 0 Å². The van der Waals surface area contributed by atoms with Gasteiger partial charge >= 0.3 is 0 Å². The van der Waals surface area contributed by atoms with E-state index in [0.29, 0.717) is 5.02 Å². The number of nitrogens with one attached hydrogen (secondary N) is 1. The van der Waals surface area contributed by atoms with Gasteiger partial charge in [-0.15, -0.1) is 0 Å². The number of amides is 1. The molecule has 1 saturated carbocycles. The lowest BCUT2D eigenvalue weighted by atomic mass is 9.99. The molecule has 0 aliphatic heterocycles. The van der Waals surface area contributed by atoms with Gasteiger partial charge in [0, 0.05) is 10.7 Å². The van der Waals surface area contributed by atoms with E-state index in [1.165, 1.54) is 24.6 Å². The van der Waals surface area contributed by atoms with Crippen molar-refractivity contribution in [2.75, 3.05) is 0 Å². The minimum atomic E-state index is -0.437. The quantitative estimate of drug-likeness (QED) is 0.808. The standard InChI is InChI=1S/C13H15ClN2O2/c14-9-6-7-12(17)11(8-9)13(18)16-15-10-4-2-1-3-5-10/h6-8,17H,1-5H2,(H,16,18). The number of benzene rings is 1. The smallest absolute Gasteiger partial charge is 0.275 e. The number of hydrogen-bond donors (Lipinski definition) is 2. The summed E-state index contributed by atoms with van der Waals surface area (Å²) in [7, 11) is 0. The van der Waals surface area contributed by atoms with Crippen molar-refractivity contribution >= 4 is 23.2 Å². The molecule has 18 heavy (non-hydrogen) atoms. The Balaban J connectivity index is 2.05. The lowest BCUT2D eigenvalue weighted by molar-refractivity contribution is 0.0952. The van der Waals surface area contributed by atoms with E-state index in [9.17, 15) is 9.90 Å². The molecule has 0 radical (unpaired) electrons. The molecule has 1 fully saturated rings. The highest BCUT2D eigenvalue weighted by Crippen LogP contribution is 2.21. The normalized spacial score (nSPS) is 15.3. The van der Waals surface area contributed by atoms with Gasteiger partial charge in [0.2, 0.25) is 0 Å². The van der Waals surface area contributed by atoms with Crippen LogP contribution in [-0.2, 0) is 0 Å². The van der Waals surface area contributed by atoms with E-state index in [1.807, 2.05) is 0 Å². The van der Waals surface area contributed by atoms with E-state index < -0.39 is 5.91 Å². The molecule has 1 amide bonds. The molecule has 4 nitrogen and oxygen atoms in total. The fourth-order valence-electron chi connectivity index (χ4n) is 1.95. The van der Waals surface area contributed by atoms with Crippen molar-refractivity contribution in [1.82, 2.24) is 5.43 Å². The first-order valence-corrected chi connectivity index (χ1v) is 6.39. The first-order valence-electron chi connectivity index (χ1n) is 6.01. The average molecular weight is 267 g/mol. The lowest BCUT2D eigenvalue weighted by Crippen LogP contribution is -2.20. The van der Waals surface area contributed by atoms with Crippen LogP contribution in [-0.4, -0.2) is 16.7 Å². The highest BCUT2D eigenvalue weighted by molar-refractivity contribution is 6.31. The molecule has 0 bridgehead atoms. The summed E-state index contributed by atoms with van der Waals surface area (Å²) in [6.45, 7) is 0. The number of carbonyl (C=O) groups excluding carboxylic acids is 1. The van der Waals surface area contributed by atoms with Crippen LogP contribution in [0.15, 0.2) is 23.3 Å². The predicted molar refractivity (Wildman–Crippen MR) is 71.1 cm³/mol. The number of carbonyl (C=O) groups is 1. The molecule has 2 N–H and O–H groups in total. The Morgan fingerprint density at radius 3 is 2.72 bits per heavy atom. The molecule has 0 atom stereocenters. The number of aromatic hydroxyl groups is 1. The number of phenolic OH excluding ortho intramolecular Hbond substituents is 1. The van der Waals surface area contributed by atoms with E-state index in [4.69, 9.17) is 11.6 Å². The van der Waals surface area contributed by atoms with E-state index >= 15 is 0 Å². The van der Waals surface area contributed by atoms with Crippen LogP contribution in [0.3, 0.4) is 0 Å². The molecule has 96 valence electrons. The summed E-state index contributed by atoms with van der Waals surface area (Å²) in [5.74, 6) is -0.534. The molecule has 0 aromatic heterocycles. The number of hydrazone groups is 1. The summed E-state index contributed by atoms with van der Waals surface area (Å²) in [6.07, 6.45) is 5.33. The predicted octanol–water partition coefficient (Wildman–Crippen LogP) is 3.10. The molecule has 2 rings (SSSR count). The minimum absolute atomic E-state index is 0.0965. The maximum absolute atomic E-state index is 11.8. The van der Waals surface area contributed by atoms with Crippen molar-refractivity contribution in [3.8, 4) is 5.75 Å². The highest BCUT2D eigenvalue weighted by Gasteiger charge is 2.12. The lowest BCUT2D eigenvalue weighted by Gasteiger charge is -2.12. The summed E-state index contributed by atoms with van der Waals surface area (Å²) >= 11 is 5.78. The number of nitrogens with zero attached hydrogens (tertiary/aromatic N) is 1. The van der Waals surface area contributed by atoms with Gasteiger partial charge in [0.05, 0.1) is 5.56 Å². The van der Waals surface area contributed by atoms with Gasteiger partial charge in [-0.25, -0.2) is 5.43 Å². The first kappa shape index (κ1) is 12.9. The van der Waals surface area contributed by atoms with E-state index in [2.05, 4.69) is 10.5 Å². The summed E-state index contributed by atoms with van der Waals surface area (Å²) in [4.78, 5) is 11.8. The van der Waals surface area contributed by atoms with Crippen LogP contribution in [0.5, 0.6) is 5.75 Å². The topological polar surface area (TPSA) is 61.7 Å². The molecule has 1 aliphatic carbocycles. The van der Waals surface area contributed by atoms with Crippen LogP contribution in [0.1, 0.15) is 42.5 Å². The molecular formula is C13H15ClN2O2. The zero-order valence-electron chi connectivity index (χ0n) is 9.95. The van der Waals surface area contributed by atoms with Crippen molar-refractivity contribution in [1.29, 1.82) is 0 Å². The Labute approximate surface area is 111 Å². The summed E-state index contributed by atoms with van der Waals surface area (Å²) < 4.78 is 0. The second-order valence-electron chi connectivity index (χ2n) is 4.34. The third-order valence-electron chi connectivity index (χ3n) is 2.95. The molecule has 1 aromatic rings. The molecule has 1 aromatic carbocycles. The first-order chi connectivity index (χ1) is 8.66. The third-order valence-corrected chi connectivity index (χ3v) is 3.18. The van der Waals surface area contributed by atoms with Gasteiger partial charge in [-0.3, -0.25) is 4.79 Å². The zero-order valence-corrected chi connectivity index (χ0v) is 10.7. The van der Waals surface area contributed by atoms with Gasteiger partial charge in [0.15, 0.2) is 0 Å². The van der Waals surface area contributed by atoms with Crippen molar-refractivity contribution in [3.05, 3.63) is 28.8 Å². The SMILES string of the molecule is O=C(NN=C1CCCCC1)c1cc(Cl)ccc1O. The third kappa shape index (κ3) is 3.23. The fourth-order valence-corrected chi connectivity index (χ4v) is 2.12. The molecule has 0 heterocycles. The van der Waals surface area contributed by atoms with E-state index in [-0.39, 0.29) is 11.3 Å². The Morgan fingerprint density at radius 1 is 1.28 bits per heavy atom. The van der Waals surface area contributed by atoms with E-state index in [0.717, 1.165) is 31.4 Å². The highest BCUT2D eigenvalue weighted by atomic mass is 35.5. The number of halogens is 1. The number of hydrogen-bond acceptors (Lipinski definition) is 3. The fraction of sp³-hybridized carbons (Fsp3) is 0.385. The molecule has 1 aliphatic rings. The van der Waals surface area contributed by atoms with Gasteiger partial charge < -0.3 is 5.11 Å². The summed E-state index contributed by atoms with van der Waals surface area (Å²) in [5.41, 5.74) is 3.62. The van der Waals surface area contributed by atoms with Crippen molar-refractivity contribution in [2.45, 2.75) is 32.1 Å². The van der Waals surface area contributed by atoms with Crippen LogP contribution in [0.4, 0.5) is 0 Å². The Morgan fingerprint density at radius 2 is 2.00 bits per heavy atom. The number of rotatable bonds is 2.